The van der Waals surface area contributed by atoms with Gasteiger partial charge in [-0.25, -0.2) is 4.79 Å². The van der Waals surface area contributed by atoms with Crippen molar-refractivity contribution in [2.45, 2.75) is 27.2 Å². The first-order chi connectivity index (χ1) is 8.93. The summed E-state index contributed by atoms with van der Waals surface area (Å²) < 4.78 is 0. The van der Waals surface area contributed by atoms with Crippen LogP contribution in [0.5, 0.6) is 0 Å². The van der Waals surface area contributed by atoms with Gasteiger partial charge in [0.1, 0.15) is 0 Å². The Balaban J connectivity index is 2.90. The van der Waals surface area contributed by atoms with Gasteiger partial charge >= 0.3 is 5.97 Å². The Bertz CT molecular complexity index is 506. The van der Waals surface area contributed by atoms with E-state index in [2.05, 4.69) is 5.32 Å². The van der Waals surface area contributed by atoms with Crippen LogP contribution >= 0.6 is 0 Å². The second-order valence-electron chi connectivity index (χ2n) is 4.54. The highest BCUT2D eigenvalue weighted by atomic mass is 16.4. The van der Waals surface area contributed by atoms with Gasteiger partial charge in [0.05, 0.1) is 0 Å². The summed E-state index contributed by atoms with van der Waals surface area (Å²) in [6.07, 6.45) is 3.39. The zero-order chi connectivity index (χ0) is 14.4. The Hall–Kier alpha value is -2.10. The predicted octanol–water partition coefficient (Wildman–Crippen LogP) is 3.08. The molecule has 4 heteroatoms. The molecule has 0 fully saturated rings. The topological polar surface area (TPSA) is 66.4 Å². The number of hydrogen-bond acceptors (Lipinski definition) is 2. The smallest absolute Gasteiger partial charge is 0.328 e. The summed E-state index contributed by atoms with van der Waals surface area (Å²) in [5.74, 6) is -1.06. The maximum Gasteiger partial charge on any atom is 0.328 e. The highest BCUT2D eigenvalue weighted by molar-refractivity contribution is 5.93. The standard InChI is InChI=1S/C15H19NO3/c1-4-10(2)15(19)16-13-7-5-11(3)12(9-13)6-8-14(17)18/h5-10H,4H2,1-3H3,(H,16,19)(H,17,18)/b8-6+. The monoisotopic (exact) mass is 261 g/mol. The molecule has 4 nitrogen and oxygen atoms in total. The Morgan fingerprint density at radius 2 is 2.11 bits per heavy atom. The van der Waals surface area contributed by atoms with E-state index < -0.39 is 5.97 Å². The third kappa shape index (κ3) is 4.58. The van der Waals surface area contributed by atoms with Crippen LogP contribution < -0.4 is 5.32 Å². The molecule has 0 bridgehead atoms. The number of aliphatic carboxylic acids is 1. The first-order valence-corrected chi connectivity index (χ1v) is 6.26. The fourth-order valence-electron chi connectivity index (χ4n) is 1.51. The van der Waals surface area contributed by atoms with Crippen molar-refractivity contribution < 1.29 is 14.7 Å². The Kier molecular flexibility index (Phi) is 5.30. The molecule has 1 amide bonds. The van der Waals surface area contributed by atoms with E-state index in [1.807, 2.05) is 32.9 Å². The molecule has 0 aliphatic carbocycles. The van der Waals surface area contributed by atoms with Gasteiger partial charge in [-0.15, -0.1) is 0 Å². The van der Waals surface area contributed by atoms with Crippen LogP contribution in [0.15, 0.2) is 24.3 Å². The van der Waals surface area contributed by atoms with Gasteiger partial charge < -0.3 is 10.4 Å². The number of carbonyl (C=O) groups excluding carboxylic acids is 1. The number of carboxylic acids is 1. The van der Waals surface area contributed by atoms with E-state index in [1.165, 1.54) is 6.08 Å². The lowest BCUT2D eigenvalue weighted by atomic mass is 10.1. The minimum atomic E-state index is -0.992. The third-order valence-electron chi connectivity index (χ3n) is 3.01. The average Bonchev–Trinajstić information content (AvgIpc) is 2.38. The molecule has 0 aromatic heterocycles. The molecular weight excluding hydrogens is 242 g/mol. The number of hydrogen-bond donors (Lipinski definition) is 2. The van der Waals surface area contributed by atoms with Gasteiger partial charge in [0.2, 0.25) is 5.91 Å². The first-order valence-electron chi connectivity index (χ1n) is 6.26. The van der Waals surface area contributed by atoms with Gasteiger partial charge in [-0.2, -0.15) is 0 Å². The molecule has 0 aliphatic rings. The van der Waals surface area contributed by atoms with Crippen molar-refractivity contribution in [1.29, 1.82) is 0 Å². The molecule has 0 saturated heterocycles. The van der Waals surface area contributed by atoms with Gasteiger partial charge in [-0.05, 0) is 42.7 Å². The van der Waals surface area contributed by atoms with Crippen LogP contribution in [0, 0.1) is 12.8 Å². The lowest BCUT2D eigenvalue weighted by Gasteiger charge is -2.11. The van der Waals surface area contributed by atoms with E-state index in [4.69, 9.17) is 5.11 Å². The molecule has 2 N–H and O–H groups in total. The zero-order valence-corrected chi connectivity index (χ0v) is 11.4. The van der Waals surface area contributed by atoms with Crippen LogP contribution in [-0.2, 0) is 9.59 Å². The SMILES string of the molecule is CCC(C)C(=O)Nc1ccc(C)c(/C=C/C(=O)O)c1. The van der Waals surface area contributed by atoms with Gasteiger partial charge in [-0.3, -0.25) is 4.79 Å². The molecule has 0 radical (unpaired) electrons. The molecule has 0 spiro atoms. The molecule has 1 aromatic carbocycles. The number of carbonyl (C=O) groups is 2. The highest BCUT2D eigenvalue weighted by Gasteiger charge is 2.10. The summed E-state index contributed by atoms with van der Waals surface area (Å²) in [5.41, 5.74) is 2.42. The average molecular weight is 261 g/mol. The number of carboxylic acid groups (broad SMARTS) is 1. The number of amides is 1. The fraction of sp³-hybridized carbons (Fsp3) is 0.333. The maximum absolute atomic E-state index is 11.8. The van der Waals surface area contributed by atoms with Crippen LogP contribution in [0.4, 0.5) is 5.69 Å². The third-order valence-corrected chi connectivity index (χ3v) is 3.01. The van der Waals surface area contributed by atoms with E-state index in [0.717, 1.165) is 23.6 Å². The minimum absolute atomic E-state index is 0.0282. The minimum Gasteiger partial charge on any atom is -0.478 e. The summed E-state index contributed by atoms with van der Waals surface area (Å²) in [6.45, 7) is 5.72. The summed E-state index contributed by atoms with van der Waals surface area (Å²) >= 11 is 0. The van der Waals surface area contributed by atoms with Crippen molar-refractivity contribution >= 4 is 23.6 Å². The van der Waals surface area contributed by atoms with Crippen molar-refractivity contribution in [3.05, 3.63) is 35.4 Å². The Morgan fingerprint density at radius 3 is 2.68 bits per heavy atom. The lowest BCUT2D eigenvalue weighted by Crippen LogP contribution is -2.19. The number of nitrogens with one attached hydrogen (secondary N) is 1. The first kappa shape index (κ1) is 15.0. The fourth-order valence-corrected chi connectivity index (χ4v) is 1.51. The van der Waals surface area contributed by atoms with Crippen molar-refractivity contribution in [2.75, 3.05) is 5.32 Å². The number of aryl methyl sites for hydroxylation is 1. The van der Waals surface area contributed by atoms with Crippen LogP contribution in [0.1, 0.15) is 31.4 Å². The number of rotatable bonds is 5. The highest BCUT2D eigenvalue weighted by Crippen LogP contribution is 2.18. The summed E-state index contributed by atoms with van der Waals surface area (Å²) in [4.78, 5) is 22.3. The van der Waals surface area contributed by atoms with Crippen LogP contribution in [0.25, 0.3) is 6.08 Å². The summed E-state index contributed by atoms with van der Waals surface area (Å²) in [5, 5.41) is 11.5. The molecule has 102 valence electrons. The predicted molar refractivity (Wildman–Crippen MR) is 75.9 cm³/mol. The van der Waals surface area contributed by atoms with Crippen molar-refractivity contribution in [3.63, 3.8) is 0 Å². The van der Waals surface area contributed by atoms with Crippen LogP contribution in [0.3, 0.4) is 0 Å². The second-order valence-corrected chi connectivity index (χ2v) is 4.54. The summed E-state index contributed by atoms with van der Waals surface area (Å²) in [7, 11) is 0. The number of benzene rings is 1. The van der Waals surface area contributed by atoms with Crippen LogP contribution in [0.2, 0.25) is 0 Å². The molecule has 1 unspecified atom stereocenters. The molecular formula is C15H19NO3. The maximum atomic E-state index is 11.8. The normalized spacial score (nSPS) is 12.4. The Labute approximate surface area is 113 Å². The van der Waals surface area contributed by atoms with Crippen molar-refractivity contribution in [1.82, 2.24) is 0 Å². The van der Waals surface area contributed by atoms with Gasteiger partial charge in [0.15, 0.2) is 0 Å². The Morgan fingerprint density at radius 1 is 1.42 bits per heavy atom. The van der Waals surface area contributed by atoms with E-state index in [1.54, 1.807) is 6.07 Å². The quantitative estimate of drug-likeness (QED) is 0.800. The molecule has 19 heavy (non-hydrogen) atoms. The molecule has 0 aliphatic heterocycles. The van der Waals surface area contributed by atoms with E-state index in [0.29, 0.717) is 5.69 Å². The van der Waals surface area contributed by atoms with E-state index in [-0.39, 0.29) is 11.8 Å². The largest absolute Gasteiger partial charge is 0.478 e. The second kappa shape index (κ2) is 6.73. The molecule has 1 aromatic rings. The van der Waals surface area contributed by atoms with Crippen molar-refractivity contribution in [2.24, 2.45) is 5.92 Å². The lowest BCUT2D eigenvalue weighted by molar-refractivity contribution is -0.131. The van der Waals surface area contributed by atoms with Crippen LogP contribution in [-0.4, -0.2) is 17.0 Å². The van der Waals surface area contributed by atoms with Gasteiger partial charge in [0.25, 0.3) is 0 Å². The number of anilines is 1. The van der Waals surface area contributed by atoms with Gasteiger partial charge in [-0.1, -0.05) is 19.9 Å². The van der Waals surface area contributed by atoms with E-state index >= 15 is 0 Å². The zero-order valence-electron chi connectivity index (χ0n) is 11.4. The molecule has 0 saturated carbocycles. The molecule has 0 heterocycles. The molecule has 1 rings (SSSR count). The van der Waals surface area contributed by atoms with Crippen molar-refractivity contribution in [3.8, 4) is 0 Å². The van der Waals surface area contributed by atoms with E-state index in [9.17, 15) is 9.59 Å². The van der Waals surface area contributed by atoms with Gasteiger partial charge in [0, 0.05) is 17.7 Å². The molecule has 1 atom stereocenters. The summed E-state index contributed by atoms with van der Waals surface area (Å²) in [6, 6.07) is 5.44.